The van der Waals surface area contributed by atoms with Crippen LogP contribution in [0, 0.1) is 0 Å². The fourth-order valence-electron chi connectivity index (χ4n) is 1.93. The van der Waals surface area contributed by atoms with Crippen LogP contribution in [0.15, 0.2) is 0 Å². The second-order valence-electron chi connectivity index (χ2n) is 5.33. The molecule has 104 valence electrons. The Hall–Kier alpha value is -1.30. The zero-order chi connectivity index (χ0) is 13.9. The van der Waals surface area contributed by atoms with Crippen molar-refractivity contribution in [2.45, 2.75) is 57.2 Å². The van der Waals surface area contributed by atoms with Crippen molar-refractivity contribution in [1.29, 1.82) is 0 Å². The smallest absolute Gasteiger partial charge is 0.329 e. The van der Waals surface area contributed by atoms with Gasteiger partial charge in [0.1, 0.15) is 5.54 Å². The summed E-state index contributed by atoms with van der Waals surface area (Å²) < 4.78 is 0. The number of nitrogens with one attached hydrogen (secondary N) is 1. The standard InChI is InChI=1S/C12H22N2O4/c1-12(2,10(16)17)14(3)11(18)13-8-6-4-5-7-9(8)15/h8-9,15H,4-7H2,1-3H3,(H,13,18)(H,16,17). The van der Waals surface area contributed by atoms with E-state index in [2.05, 4.69) is 5.32 Å². The van der Waals surface area contributed by atoms with Gasteiger partial charge in [0.2, 0.25) is 0 Å². The summed E-state index contributed by atoms with van der Waals surface area (Å²) in [7, 11) is 1.44. The predicted molar refractivity (Wildman–Crippen MR) is 66.3 cm³/mol. The van der Waals surface area contributed by atoms with Crippen molar-refractivity contribution in [1.82, 2.24) is 10.2 Å². The third-order valence-electron chi connectivity index (χ3n) is 3.70. The molecule has 0 heterocycles. The Morgan fingerprint density at radius 3 is 2.33 bits per heavy atom. The van der Waals surface area contributed by atoms with E-state index in [-0.39, 0.29) is 6.04 Å². The molecule has 0 aromatic carbocycles. The van der Waals surface area contributed by atoms with Crippen molar-refractivity contribution < 1.29 is 19.8 Å². The molecular formula is C12H22N2O4. The second-order valence-corrected chi connectivity index (χ2v) is 5.33. The molecular weight excluding hydrogens is 236 g/mol. The van der Waals surface area contributed by atoms with E-state index in [1.807, 2.05) is 0 Å². The number of carbonyl (C=O) groups is 2. The molecule has 18 heavy (non-hydrogen) atoms. The van der Waals surface area contributed by atoms with Crippen LogP contribution in [0.25, 0.3) is 0 Å². The number of hydrogen-bond acceptors (Lipinski definition) is 3. The Morgan fingerprint density at radius 1 is 1.28 bits per heavy atom. The van der Waals surface area contributed by atoms with Crippen molar-refractivity contribution in [2.24, 2.45) is 0 Å². The van der Waals surface area contributed by atoms with Crippen LogP contribution in [-0.2, 0) is 4.79 Å². The number of rotatable bonds is 3. The van der Waals surface area contributed by atoms with Gasteiger partial charge in [-0.1, -0.05) is 12.8 Å². The molecule has 6 nitrogen and oxygen atoms in total. The third kappa shape index (κ3) is 3.13. The topological polar surface area (TPSA) is 89.9 Å². The summed E-state index contributed by atoms with van der Waals surface area (Å²) in [5, 5.41) is 21.5. The van der Waals surface area contributed by atoms with E-state index in [1.165, 1.54) is 20.9 Å². The molecule has 1 aliphatic rings. The SMILES string of the molecule is CN(C(=O)NC1CCCCC1O)C(C)(C)C(=O)O. The van der Waals surface area contributed by atoms with Gasteiger partial charge in [-0.25, -0.2) is 9.59 Å². The molecule has 2 unspecified atom stereocenters. The molecule has 1 rings (SSSR count). The summed E-state index contributed by atoms with van der Waals surface area (Å²) >= 11 is 0. The van der Waals surface area contributed by atoms with E-state index < -0.39 is 23.6 Å². The zero-order valence-corrected chi connectivity index (χ0v) is 11.1. The molecule has 2 amide bonds. The van der Waals surface area contributed by atoms with Crippen LogP contribution in [0.4, 0.5) is 4.79 Å². The molecule has 0 radical (unpaired) electrons. The Balaban J connectivity index is 2.62. The number of aliphatic carboxylic acids is 1. The van der Waals surface area contributed by atoms with Gasteiger partial charge in [-0.3, -0.25) is 0 Å². The lowest BCUT2D eigenvalue weighted by Gasteiger charge is -2.35. The number of carboxylic acid groups (broad SMARTS) is 1. The van der Waals surface area contributed by atoms with E-state index in [0.29, 0.717) is 6.42 Å². The first-order valence-corrected chi connectivity index (χ1v) is 6.22. The minimum atomic E-state index is -1.27. The molecule has 0 bridgehead atoms. The number of carbonyl (C=O) groups excluding carboxylic acids is 1. The normalized spacial score (nSPS) is 24.4. The van der Waals surface area contributed by atoms with Gasteiger partial charge in [-0.15, -0.1) is 0 Å². The minimum Gasteiger partial charge on any atom is -0.480 e. The van der Waals surface area contributed by atoms with Crippen LogP contribution < -0.4 is 5.32 Å². The zero-order valence-electron chi connectivity index (χ0n) is 11.1. The molecule has 2 atom stereocenters. The van der Waals surface area contributed by atoms with Crippen LogP contribution in [0.3, 0.4) is 0 Å². The lowest BCUT2D eigenvalue weighted by Crippen LogP contribution is -2.57. The van der Waals surface area contributed by atoms with Gasteiger partial charge in [0.15, 0.2) is 0 Å². The van der Waals surface area contributed by atoms with Gasteiger partial charge in [0, 0.05) is 7.05 Å². The Morgan fingerprint density at radius 2 is 1.83 bits per heavy atom. The van der Waals surface area contributed by atoms with Crippen LogP contribution >= 0.6 is 0 Å². The molecule has 0 aromatic heterocycles. The maximum Gasteiger partial charge on any atom is 0.329 e. The first kappa shape index (κ1) is 14.8. The highest BCUT2D eigenvalue weighted by atomic mass is 16.4. The van der Waals surface area contributed by atoms with Crippen molar-refractivity contribution in [2.75, 3.05) is 7.05 Å². The monoisotopic (exact) mass is 258 g/mol. The van der Waals surface area contributed by atoms with Crippen molar-refractivity contribution in [3.05, 3.63) is 0 Å². The van der Waals surface area contributed by atoms with E-state index in [4.69, 9.17) is 5.11 Å². The summed E-state index contributed by atoms with van der Waals surface area (Å²) in [6.07, 6.45) is 2.80. The fourth-order valence-corrected chi connectivity index (χ4v) is 1.93. The number of nitrogens with zero attached hydrogens (tertiary/aromatic N) is 1. The number of amides is 2. The Bertz CT molecular complexity index is 330. The molecule has 0 saturated heterocycles. The number of carboxylic acids is 1. The number of hydrogen-bond donors (Lipinski definition) is 3. The van der Waals surface area contributed by atoms with Gasteiger partial charge in [-0.2, -0.15) is 0 Å². The maximum atomic E-state index is 11.9. The van der Waals surface area contributed by atoms with Crippen molar-refractivity contribution in [3.63, 3.8) is 0 Å². The number of aliphatic hydroxyl groups is 1. The molecule has 0 aliphatic heterocycles. The van der Waals surface area contributed by atoms with Crippen molar-refractivity contribution in [3.8, 4) is 0 Å². The van der Waals surface area contributed by atoms with Crippen LogP contribution in [0.2, 0.25) is 0 Å². The first-order valence-electron chi connectivity index (χ1n) is 6.22. The number of likely N-dealkylation sites (N-methyl/N-ethyl adjacent to an activating group) is 1. The van der Waals surface area contributed by atoms with Crippen LogP contribution in [-0.4, -0.2) is 51.8 Å². The lowest BCUT2D eigenvalue weighted by molar-refractivity contribution is -0.146. The molecule has 1 saturated carbocycles. The van der Waals surface area contributed by atoms with Crippen molar-refractivity contribution >= 4 is 12.0 Å². The molecule has 1 fully saturated rings. The van der Waals surface area contributed by atoms with Crippen LogP contribution in [0.1, 0.15) is 39.5 Å². The number of urea groups is 1. The summed E-state index contributed by atoms with van der Waals surface area (Å²) in [4.78, 5) is 24.2. The fraction of sp³-hybridized carbons (Fsp3) is 0.833. The van der Waals surface area contributed by atoms with Gasteiger partial charge in [0.05, 0.1) is 12.1 Å². The van der Waals surface area contributed by atoms with Gasteiger partial charge < -0.3 is 20.4 Å². The highest BCUT2D eigenvalue weighted by Gasteiger charge is 2.36. The summed E-state index contributed by atoms with van der Waals surface area (Å²) in [6.45, 7) is 2.93. The van der Waals surface area contributed by atoms with E-state index in [1.54, 1.807) is 0 Å². The average molecular weight is 258 g/mol. The van der Waals surface area contributed by atoms with Gasteiger partial charge >= 0.3 is 12.0 Å². The largest absolute Gasteiger partial charge is 0.480 e. The molecule has 0 spiro atoms. The van der Waals surface area contributed by atoms with E-state index in [9.17, 15) is 14.7 Å². The molecule has 3 N–H and O–H groups in total. The summed E-state index contributed by atoms with van der Waals surface area (Å²) in [5.74, 6) is -1.07. The van der Waals surface area contributed by atoms with Crippen LogP contribution in [0.5, 0.6) is 0 Å². The quantitative estimate of drug-likeness (QED) is 0.698. The summed E-state index contributed by atoms with van der Waals surface area (Å²) in [5.41, 5.74) is -1.27. The lowest BCUT2D eigenvalue weighted by atomic mass is 9.92. The predicted octanol–water partition coefficient (Wildman–Crippen LogP) is 0.794. The highest BCUT2D eigenvalue weighted by molar-refractivity contribution is 5.85. The molecule has 6 heteroatoms. The maximum absolute atomic E-state index is 11.9. The Labute approximate surface area is 107 Å². The van der Waals surface area contributed by atoms with E-state index >= 15 is 0 Å². The second kappa shape index (κ2) is 5.56. The minimum absolute atomic E-state index is 0.279. The molecule has 0 aromatic rings. The highest BCUT2D eigenvalue weighted by Crippen LogP contribution is 2.19. The first-order chi connectivity index (χ1) is 8.26. The van der Waals surface area contributed by atoms with E-state index in [0.717, 1.165) is 24.2 Å². The summed E-state index contributed by atoms with van der Waals surface area (Å²) in [6, 6.07) is -0.744. The van der Waals surface area contributed by atoms with Gasteiger partial charge in [-0.05, 0) is 26.7 Å². The Kier molecular flexibility index (Phi) is 4.56. The molecule has 1 aliphatic carbocycles. The average Bonchev–Trinajstić information content (AvgIpc) is 2.30. The third-order valence-corrected chi connectivity index (χ3v) is 3.70. The number of aliphatic hydroxyl groups excluding tert-OH is 1. The van der Waals surface area contributed by atoms with Gasteiger partial charge in [0.25, 0.3) is 0 Å².